The fourth-order valence-corrected chi connectivity index (χ4v) is 6.55. The zero-order chi connectivity index (χ0) is 18.2. The second-order valence-corrected chi connectivity index (χ2v) is 9.52. The van der Waals surface area contributed by atoms with E-state index in [-0.39, 0.29) is 4.90 Å². The minimum atomic E-state index is -3.58. The number of hydrogen-bond donors (Lipinski definition) is 2. The number of aryl methyl sites for hydroxylation is 1. The Balaban J connectivity index is 2.15. The zero-order valence-corrected chi connectivity index (χ0v) is 16.3. The van der Waals surface area contributed by atoms with Gasteiger partial charge in [-0.15, -0.1) is 23.1 Å². The summed E-state index contributed by atoms with van der Waals surface area (Å²) in [6.07, 6.45) is 1.87. The number of thiophene rings is 1. The van der Waals surface area contributed by atoms with E-state index in [4.69, 9.17) is 11.5 Å². The van der Waals surface area contributed by atoms with E-state index < -0.39 is 9.84 Å². The molecule has 0 amide bonds. The Morgan fingerprint density at radius 3 is 2.52 bits per heavy atom. The van der Waals surface area contributed by atoms with Gasteiger partial charge in [0.2, 0.25) is 9.84 Å². The molecule has 7 heteroatoms. The molecule has 130 valence electrons. The monoisotopic (exact) mass is 390 g/mol. The Kier molecular flexibility index (Phi) is 4.81. The van der Waals surface area contributed by atoms with Crippen LogP contribution < -0.4 is 11.5 Å². The van der Waals surface area contributed by atoms with Crippen LogP contribution in [0.25, 0.3) is 11.1 Å². The van der Waals surface area contributed by atoms with Crippen LogP contribution in [0.2, 0.25) is 0 Å². The SMILES string of the molecule is CSc1sccc1S(=O)(=O)c1cccc(-c2c(C)cc(N)cc2N)c1. The van der Waals surface area contributed by atoms with Crippen LogP contribution in [0, 0.1) is 6.92 Å². The average molecular weight is 391 g/mol. The van der Waals surface area contributed by atoms with E-state index in [2.05, 4.69) is 0 Å². The van der Waals surface area contributed by atoms with Gasteiger partial charge in [-0.2, -0.15) is 0 Å². The minimum absolute atomic E-state index is 0.259. The van der Waals surface area contributed by atoms with Gasteiger partial charge in [0.25, 0.3) is 0 Å². The number of sulfone groups is 1. The summed E-state index contributed by atoms with van der Waals surface area (Å²) in [5, 5.41) is 1.80. The third kappa shape index (κ3) is 3.27. The molecular weight excluding hydrogens is 372 g/mol. The topological polar surface area (TPSA) is 86.2 Å². The average Bonchev–Trinajstić information content (AvgIpc) is 3.03. The Morgan fingerprint density at radius 2 is 1.84 bits per heavy atom. The normalized spacial score (nSPS) is 11.6. The molecule has 0 saturated carbocycles. The van der Waals surface area contributed by atoms with Crippen LogP contribution in [0.4, 0.5) is 11.4 Å². The van der Waals surface area contributed by atoms with Crippen molar-refractivity contribution in [3.8, 4) is 11.1 Å². The highest BCUT2D eigenvalue weighted by Crippen LogP contribution is 2.37. The van der Waals surface area contributed by atoms with Crippen LogP contribution >= 0.6 is 23.1 Å². The van der Waals surface area contributed by atoms with Crippen molar-refractivity contribution >= 4 is 44.3 Å². The smallest absolute Gasteiger partial charge is 0.208 e. The zero-order valence-electron chi connectivity index (χ0n) is 13.8. The third-order valence-electron chi connectivity index (χ3n) is 3.89. The Bertz CT molecular complexity index is 1020. The van der Waals surface area contributed by atoms with Crippen molar-refractivity contribution in [3.63, 3.8) is 0 Å². The van der Waals surface area contributed by atoms with E-state index in [0.717, 1.165) is 20.9 Å². The number of hydrogen-bond acceptors (Lipinski definition) is 6. The second-order valence-electron chi connectivity index (χ2n) is 5.61. The molecule has 0 aliphatic carbocycles. The third-order valence-corrected chi connectivity index (χ3v) is 8.03. The summed E-state index contributed by atoms with van der Waals surface area (Å²) < 4.78 is 26.8. The van der Waals surface area contributed by atoms with Gasteiger partial charge in [0.1, 0.15) is 0 Å². The lowest BCUT2D eigenvalue weighted by Gasteiger charge is -2.13. The standard InChI is InChI=1S/C18H18N2O2S3/c1-11-8-13(19)10-15(20)17(11)12-4-3-5-14(9-12)25(21,22)16-6-7-24-18(16)23-2/h3-10H,19-20H2,1-2H3. The van der Waals surface area contributed by atoms with Gasteiger partial charge in [0, 0.05) is 16.9 Å². The first kappa shape index (κ1) is 17.8. The molecular formula is C18H18N2O2S3. The number of nitrogen functional groups attached to an aromatic ring is 2. The van der Waals surface area contributed by atoms with Gasteiger partial charge in [-0.25, -0.2) is 8.42 Å². The summed E-state index contributed by atoms with van der Waals surface area (Å²) in [6.45, 7) is 1.91. The van der Waals surface area contributed by atoms with Crippen LogP contribution in [0.1, 0.15) is 5.56 Å². The van der Waals surface area contributed by atoms with Crippen LogP contribution in [0.3, 0.4) is 0 Å². The van der Waals surface area contributed by atoms with Gasteiger partial charge in [0.05, 0.1) is 14.0 Å². The van der Waals surface area contributed by atoms with Crippen molar-refractivity contribution < 1.29 is 8.42 Å². The summed E-state index contributed by atoms with van der Waals surface area (Å²) in [5.41, 5.74) is 15.5. The number of nitrogens with two attached hydrogens (primary N) is 2. The molecule has 0 fully saturated rings. The minimum Gasteiger partial charge on any atom is -0.399 e. The maximum absolute atomic E-state index is 13.0. The molecule has 1 aromatic heterocycles. The molecule has 0 aliphatic heterocycles. The molecule has 2 aromatic carbocycles. The lowest BCUT2D eigenvalue weighted by molar-refractivity contribution is 0.595. The van der Waals surface area contributed by atoms with Crippen molar-refractivity contribution in [3.05, 3.63) is 53.4 Å². The maximum Gasteiger partial charge on any atom is 0.208 e. The summed E-state index contributed by atoms with van der Waals surface area (Å²) in [5.74, 6) is 0. The van der Waals surface area contributed by atoms with Crippen molar-refractivity contribution in [1.29, 1.82) is 0 Å². The van der Waals surface area contributed by atoms with Crippen LogP contribution in [0.5, 0.6) is 0 Å². The molecule has 0 spiro atoms. The molecule has 4 nitrogen and oxygen atoms in total. The van der Waals surface area contributed by atoms with Crippen molar-refractivity contribution in [1.82, 2.24) is 0 Å². The number of benzene rings is 2. The van der Waals surface area contributed by atoms with Crippen molar-refractivity contribution in [2.75, 3.05) is 17.7 Å². The van der Waals surface area contributed by atoms with Crippen LogP contribution in [-0.2, 0) is 9.84 Å². The van der Waals surface area contributed by atoms with Gasteiger partial charge in [-0.3, -0.25) is 0 Å². The number of thioether (sulfide) groups is 1. The molecule has 0 saturated heterocycles. The van der Waals surface area contributed by atoms with E-state index in [0.29, 0.717) is 16.3 Å². The van der Waals surface area contributed by atoms with Crippen LogP contribution in [-0.4, -0.2) is 14.7 Å². The predicted octanol–water partition coefficient (Wildman–Crippen LogP) is 4.44. The molecule has 0 atom stereocenters. The Labute approximate surface area is 155 Å². The van der Waals surface area contributed by atoms with E-state index in [1.165, 1.54) is 23.1 Å². The summed E-state index contributed by atoms with van der Waals surface area (Å²) in [4.78, 5) is 0.610. The van der Waals surface area contributed by atoms with E-state index >= 15 is 0 Å². The van der Waals surface area contributed by atoms with E-state index in [1.54, 1.807) is 35.7 Å². The first-order valence-corrected chi connectivity index (χ1v) is 11.1. The highest BCUT2D eigenvalue weighted by molar-refractivity contribution is 8.01. The molecule has 0 unspecified atom stereocenters. The fraction of sp³-hybridized carbons (Fsp3) is 0.111. The number of rotatable bonds is 4. The highest BCUT2D eigenvalue weighted by atomic mass is 32.2. The largest absolute Gasteiger partial charge is 0.399 e. The Morgan fingerprint density at radius 1 is 1.08 bits per heavy atom. The van der Waals surface area contributed by atoms with Crippen molar-refractivity contribution in [2.24, 2.45) is 0 Å². The molecule has 3 aromatic rings. The lowest BCUT2D eigenvalue weighted by atomic mass is 9.98. The maximum atomic E-state index is 13.0. The molecule has 25 heavy (non-hydrogen) atoms. The second kappa shape index (κ2) is 6.74. The summed E-state index contributed by atoms with van der Waals surface area (Å²) >= 11 is 2.86. The molecule has 0 radical (unpaired) electrons. The first-order chi connectivity index (χ1) is 11.8. The van der Waals surface area contributed by atoms with E-state index in [9.17, 15) is 8.42 Å². The van der Waals surface area contributed by atoms with Gasteiger partial charge >= 0.3 is 0 Å². The van der Waals surface area contributed by atoms with Crippen LogP contribution in [0.15, 0.2) is 61.8 Å². The van der Waals surface area contributed by atoms with E-state index in [1.807, 2.05) is 25.3 Å². The summed E-state index contributed by atoms with van der Waals surface area (Å²) in [6, 6.07) is 12.1. The van der Waals surface area contributed by atoms with Gasteiger partial charge in [0.15, 0.2) is 0 Å². The Hall–Kier alpha value is -1.96. The molecule has 3 rings (SSSR count). The van der Waals surface area contributed by atoms with Gasteiger partial charge in [-0.05, 0) is 60.0 Å². The lowest BCUT2D eigenvalue weighted by Crippen LogP contribution is -2.03. The van der Waals surface area contributed by atoms with Gasteiger partial charge in [-0.1, -0.05) is 12.1 Å². The predicted molar refractivity (Wildman–Crippen MR) is 107 cm³/mol. The molecule has 0 aliphatic rings. The highest BCUT2D eigenvalue weighted by Gasteiger charge is 2.23. The van der Waals surface area contributed by atoms with Gasteiger partial charge < -0.3 is 11.5 Å². The summed E-state index contributed by atoms with van der Waals surface area (Å²) in [7, 11) is -3.58. The number of anilines is 2. The fourth-order valence-electron chi connectivity index (χ4n) is 2.82. The molecule has 4 N–H and O–H groups in total. The molecule has 1 heterocycles. The van der Waals surface area contributed by atoms with Crippen molar-refractivity contribution in [2.45, 2.75) is 20.9 Å². The quantitative estimate of drug-likeness (QED) is 0.508. The first-order valence-electron chi connectivity index (χ1n) is 7.47. The molecule has 0 bridgehead atoms.